The van der Waals surface area contributed by atoms with Crippen LogP contribution in [0.1, 0.15) is 12.0 Å². The Balaban J connectivity index is 2.83. The first-order chi connectivity index (χ1) is 6.09. The van der Waals surface area contributed by atoms with Crippen LogP contribution < -0.4 is 0 Å². The van der Waals surface area contributed by atoms with Crippen molar-refractivity contribution in [1.29, 1.82) is 5.41 Å². The summed E-state index contributed by atoms with van der Waals surface area (Å²) in [4.78, 5) is 10.3. The Hall–Kier alpha value is -1.35. The molecule has 1 aromatic rings. The highest BCUT2D eigenvalue weighted by Crippen LogP contribution is 2.12. The zero-order chi connectivity index (χ0) is 9.84. The van der Waals surface area contributed by atoms with Crippen molar-refractivity contribution in [2.45, 2.75) is 6.42 Å². The molecule has 0 aliphatic rings. The third-order valence-corrected chi connectivity index (χ3v) is 1.74. The summed E-state index contributed by atoms with van der Waals surface area (Å²) in [5.41, 5.74) is 0.616. The lowest BCUT2D eigenvalue weighted by molar-refractivity contribution is -0.135. The summed E-state index contributed by atoms with van der Waals surface area (Å²) >= 11 is 5.68. The molecule has 1 aromatic carbocycles. The van der Waals surface area contributed by atoms with Gasteiger partial charge in [-0.1, -0.05) is 23.7 Å². The predicted octanol–water partition coefficient (Wildman–Crippen LogP) is 2.18. The predicted molar refractivity (Wildman–Crippen MR) is 50.5 cm³/mol. The Bertz CT molecular complexity index is 349. The number of rotatable bonds is 3. The third-order valence-electron chi connectivity index (χ3n) is 1.50. The van der Waals surface area contributed by atoms with E-state index in [9.17, 15) is 4.79 Å². The molecule has 0 unspecified atom stereocenters. The molecule has 68 valence electrons. The van der Waals surface area contributed by atoms with Crippen molar-refractivity contribution < 1.29 is 9.90 Å². The fourth-order valence-corrected chi connectivity index (χ4v) is 1.12. The van der Waals surface area contributed by atoms with E-state index < -0.39 is 5.97 Å². The largest absolute Gasteiger partial charge is 0.481 e. The fraction of sp³-hybridized carbons (Fsp3) is 0.111. The summed E-state index contributed by atoms with van der Waals surface area (Å²) in [6.45, 7) is 0. The maximum Gasteiger partial charge on any atom is 0.309 e. The first kappa shape index (κ1) is 9.74. The quantitative estimate of drug-likeness (QED) is 0.730. The molecule has 0 heterocycles. The van der Waals surface area contributed by atoms with Crippen LogP contribution in [0.5, 0.6) is 0 Å². The molecule has 4 heteroatoms. The number of hydrogen-bond acceptors (Lipinski definition) is 2. The van der Waals surface area contributed by atoms with Crippen LogP contribution in [-0.2, 0) is 4.79 Å². The molecule has 3 nitrogen and oxygen atoms in total. The van der Waals surface area contributed by atoms with E-state index in [1.165, 1.54) is 0 Å². The van der Waals surface area contributed by atoms with Gasteiger partial charge in [-0.15, -0.1) is 0 Å². The number of carbonyl (C=O) groups is 1. The maximum atomic E-state index is 10.3. The van der Waals surface area contributed by atoms with Gasteiger partial charge in [-0.25, -0.2) is 0 Å². The Morgan fingerprint density at radius 3 is 2.77 bits per heavy atom. The molecule has 0 aliphatic heterocycles. The van der Waals surface area contributed by atoms with Crippen molar-refractivity contribution in [2.24, 2.45) is 0 Å². The van der Waals surface area contributed by atoms with E-state index in [4.69, 9.17) is 22.1 Å². The molecule has 0 atom stereocenters. The Morgan fingerprint density at radius 2 is 2.23 bits per heavy atom. The lowest BCUT2D eigenvalue weighted by Gasteiger charge is -2.00. The molecule has 0 bridgehead atoms. The Morgan fingerprint density at radius 1 is 1.54 bits per heavy atom. The summed E-state index contributed by atoms with van der Waals surface area (Å²) in [5, 5.41) is 16.4. The lowest BCUT2D eigenvalue weighted by Crippen LogP contribution is -2.06. The van der Waals surface area contributed by atoms with Crippen molar-refractivity contribution in [3.63, 3.8) is 0 Å². The molecule has 0 fully saturated rings. The highest BCUT2D eigenvalue weighted by Gasteiger charge is 2.06. The molecule has 0 saturated heterocycles. The average Bonchev–Trinajstić information content (AvgIpc) is 2.03. The molecule has 0 radical (unpaired) electrons. The maximum absolute atomic E-state index is 10.3. The summed E-state index contributed by atoms with van der Waals surface area (Å²) < 4.78 is 0. The minimum absolute atomic E-state index is 0.0648. The summed E-state index contributed by atoms with van der Waals surface area (Å²) in [5.74, 6) is -1.01. The number of benzene rings is 1. The molecule has 0 aromatic heterocycles. The number of nitrogens with one attached hydrogen (secondary N) is 1. The van der Waals surface area contributed by atoms with Gasteiger partial charge in [-0.3, -0.25) is 4.79 Å². The van der Waals surface area contributed by atoms with E-state index >= 15 is 0 Å². The number of halogens is 1. The van der Waals surface area contributed by atoms with Crippen LogP contribution in [0, 0.1) is 5.41 Å². The highest BCUT2D eigenvalue weighted by atomic mass is 35.5. The summed E-state index contributed by atoms with van der Waals surface area (Å²) in [6.07, 6.45) is -0.277. The van der Waals surface area contributed by atoms with Gasteiger partial charge in [-0.2, -0.15) is 0 Å². The van der Waals surface area contributed by atoms with Gasteiger partial charge in [0.25, 0.3) is 0 Å². The molecule has 2 N–H and O–H groups in total. The Labute approximate surface area is 80.5 Å². The molecular weight excluding hydrogens is 190 g/mol. The minimum Gasteiger partial charge on any atom is -0.481 e. The second kappa shape index (κ2) is 4.05. The zero-order valence-corrected chi connectivity index (χ0v) is 7.51. The second-order valence-electron chi connectivity index (χ2n) is 2.56. The number of carboxylic acid groups (broad SMARTS) is 1. The van der Waals surface area contributed by atoms with Crippen LogP contribution >= 0.6 is 11.6 Å². The van der Waals surface area contributed by atoms with E-state index in [0.29, 0.717) is 10.6 Å². The van der Waals surface area contributed by atoms with Crippen LogP contribution in [-0.4, -0.2) is 16.8 Å². The van der Waals surface area contributed by atoms with Crippen LogP contribution in [0.2, 0.25) is 5.02 Å². The van der Waals surface area contributed by atoms with E-state index in [1.54, 1.807) is 24.3 Å². The van der Waals surface area contributed by atoms with E-state index in [1.807, 2.05) is 0 Å². The van der Waals surface area contributed by atoms with Crippen molar-refractivity contribution in [2.75, 3.05) is 0 Å². The number of aliphatic carboxylic acids is 1. The van der Waals surface area contributed by atoms with E-state index in [2.05, 4.69) is 0 Å². The smallest absolute Gasteiger partial charge is 0.309 e. The average molecular weight is 198 g/mol. The van der Waals surface area contributed by atoms with Crippen molar-refractivity contribution in [1.82, 2.24) is 0 Å². The monoisotopic (exact) mass is 197 g/mol. The number of carboxylic acids is 1. The summed E-state index contributed by atoms with van der Waals surface area (Å²) in [7, 11) is 0. The SMILES string of the molecule is N=C(CC(=O)O)c1cccc(Cl)c1. The van der Waals surface area contributed by atoms with Crippen LogP contribution in [0.4, 0.5) is 0 Å². The van der Waals surface area contributed by atoms with Gasteiger partial charge in [0.05, 0.1) is 6.42 Å². The molecule has 0 aliphatic carbocycles. The fourth-order valence-electron chi connectivity index (χ4n) is 0.929. The molecule has 13 heavy (non-hydrogen) atoms. The first-order valence-electron chi connectivity index (χ1n) is 3.65. The van der Waals surface area contributed by atoms with Gasteiger partial charge in [0.1, 0.15) is 0 Å². The molecule has 0 saturated carbocycles. The van der Waals surface area contributed by atoms with E-state index in [-0.39, 0.29) is 12.1 Å². The van der Waals surface area contributed by atoms with Gasteiger partial charge in [0, 0.05) is 10.7 Å². The normalized spacial score (nSPS) is 9.62. The topological polar surface area (TPSA) is 61.2 Å². The molecule has 0 spiro atoms. The van der Waals surface area contributed by atoms with Crippen molar-refractivity contribution in [3.05, 3.63) is 34.9 Å². The lowest BCUT2D eigenvalue weighted by atomic mass is 10.1. The van der Waals surface area contributed by atoms with Crippen molar-refractivity contribution in [3.8, 4) is 0 Å². The molecule has 1 rings (SSSR count). The van der Waals surface area contributed by atoms with Gasteiger partial charge >= 0.3 is 5.97 Å². The summed E-state index contributed by atoms with van der Waals surface area (Å²) in [6, 6.07) is 6.61. The number of hydrogen-bond donors (Lipinski definition) is 2. The van der Waals surface area contributed by atoms with Gasteiger partial charge in [0.15, 0.2) is 0 Å². The molecular formula is C9H8ClNO2. The third kappa shape index (κ3) is 2.87. The van der Waals surface area contributed by atoms with Crippen LogP contribution in [0.3, 0.4) is 0 Å². The van der Waals surface area contributed by atoms with Gasteiger partial charge in [-0.05, 0) is 17.7 Å². The standard InChI is InChI=1S/C9H8ClNO2/c10-7-3-1-2-6(4-7)8(11)5-9(12)13/h1-4,11H,5H2,(H,12,13). The molecule has 0 amide bonds. The van der Waals surface area contributed by atoms with Crippen molar-refractivity contribution >= 4 is 23.3 Å². The second-order valence-corrected chi connectivity index (χ2v) is 3.00. The first-order valence-corrected chi connectivity index (χ1v) is 4.02. The van der Waals surface area contributed by atoms with E-state index in [0.717, 1.165) is 0 Å². The van der Waals surface area contributed by atoms with Gasteiger partial charge in [0.2, 0.25) is 0 Å². The highest BCUT2D eigenvalue weighted by molar-refractivity contribution is 6.31. The van der Waals surface area contributed by atoms with Crippen LogP contribution in [0.15, 0.2) is 24.3 Å². The minimum atomic E-state index is -1.01. The zero-order valence-electron chi connectivity index (χ0n) is 6.75. The Kier molecular flexibility index (Phi) is 3.03. The van der Waals surface area contributed by atoms with Gasteiger partial charge < -0.3 is 10.5 Å². The van der Waals surface area contributed by atoms with Crippen LogP contribution in [0.25, 0.3) is 0 Å².